The molecule has 2 rings (SSSR count). The molecule has 1 amide bonds. The maximum atomic E-state index is 13.2. The molecule has 1 aromatic carbocycles. The number of aromatic nitrogens is 1. The molecule has 0 saturated heterocycles. The van der Waals surface area contributed by atoms with Gasteiger partial charge in [-0.2, -0.15) is 0 Å². The highest BCUT2D eigenvalue weighted by Crippen LogP contribution is 2.24. The predicted octanol–water partition coefficient (Wildman–Crippen LogP) is 3.19. The summed E-state index contributed by atoms with van der Waals surface area (Å²) in [6.07, 6.45) is 0.974. The fourth-order valence-corrected chi connectivity index (χ4v) is 2.63. The van der Waals surface area contributed by atoms with Crippen LogP contribution in [0.4, 0.5) is 4.39 Å². The average Bonchev–Trinajstić information content (AvgIpc) is 2.86. The molecule has 1 heterocycles. The van der Waals surface area contributed by atoms with Gasteiger partial charge in [-0.1, -0.05) is 12.1 Å². The molecular weight excluding hydrogens is 360 g/mol. The van der Waals surface area contributed by atoms with Gasteiger partial charge in [0.2, 0.25) is 5.91 Å². The minimum absolute atomic E-state index is 0. The van der Waals surface area contributed by atoms with Crippen LogP contribution in [0.5, 0.6) is 0 Å². The van der Waals surface area contributed by atoms with Gasteiger partial charge < -0.3 is 11.1 Å². The van der Waals surface area contributed by atoms with Gasteiger partial charge in [0.15, 0.2) is 0 Å². The number of amides is 1. The number of nitrogens with one attached hydrogen (secondary N) is 1. The van der Waals surface area contributed by atoms with Crippen molar-refractivity contribution in [2.24, 2.45) is 5.73 Å². The normalized spacial score (nSPS) is 11.1. The lowest BCUT2D eigenvalue weighted by atomic mass is 10.2. The molecule has 0 aliphatic heterocycles. The Bertz CT molecular complexity index is 622. The minimum atomic E-state index is -0.294. The van der Waals surface area contributed by atoms with E-state index in [4.69, 9.17) is 5.73 Å². The van der Waals surface area contributed by atoms with E-state index in [0.717, 1.165) is 12.0 Å². The molecule has 0 aliphatic carbocycles. The number of nitrogens with two attached hydrogens (primary N) is 1. The molecule has 23 heavy (non-hydrogen) atoms. The summed E-state index contributed by atoms with van der Waals surface area (Å²) in [5.41, 5.74) is 7.04. The molecular formula is C15H20Cl2FN3OS. The summed E-state index contributed by atoms with van der Waals surface area (Å²) in [7, 11) is 0. The summed E-state index contributed by atoms with van der Waals surface area (Å²) >= 11 is 1.40. The molecule has 1 atom stereocenters. The summed E-state index contributed by atoms with van der Waals surface area (Å²) in [5.74, 6) is -0.371. The minimum Gasteiger partial charge on any atom is -0.356 e. The van der Waals surface area contributed by atoms with Crippen molar-refractivity contribution in [1.29, 1.82) is 0 Å². The monoisotopic (exact) mass is 379 g/mol. The van der Waals surface area contributed by atoms with Crippen molar-refractivity contribution in [3.05, 3.63) is 41.2 Å². The van der Waals surface area contributed by atoms with E-state index >= 15 is 0 Å². The van der Waals surface area contributed by atoms with E-state index in [0.29, 0.717) is 17.2 Å². The highest BCUT2D eigenvalue weighted by Gasteiger charge is 2.09. The third-order valence-corrected chi connectivity index (χ3v) is 3.83. The van der Waals surface area contributed by atoms with Crippen molar-refractivity contribution in [2.45, 2.75) is 25.8 Å². The molecule has 128 valence electrons. The highest BCUT2D eigenvalue weighted by molar-refractivity contribution is 7.13. The predicted molar refractivity (Wildman–Crippen MR) is 97.0 cm³/mol. The third kappa shape index (κ3) is 7.26. The van der Waals surface area contributed by atoms with Crippen LogP contribution in [0.3, 0.4) is 0 Å². The molecule has 0 fully saturated rings. The van der Waals surface area contributed by atoms with E-state index in [2.05, 4.69) is 10.3 Å². The van der Waals surface area contributed by atoms with Crippen LogP contribution in [-0.4, -0.2) is 23.5 Å². The van der Waals surface area contributed by atoms with Gasteiger partial charge in [-0.05, 0) is 25.5 Å². The summed E-state index contributed by atoms with van der Waals surface area (Å²) in [6.45, 7) is 2.47. The summed E-state index contributed by atoms with van der Waals surface area (Å²) in [6, 6.07) is 6.35. The van der Waals surface area contributed by atoms with Crippen LogP contribution >= 0.6 is 36.2 Å². The largest absolute Gasteiger partial charge is 0.356 e. The molecule has 0 saturated carbocycles. The topological polar surface area (TPSA) is 68.0 Å². The smallest absolute Gasteiger partial charge is 0.226 e. The highest BCUT2D eigenvalue weighted by atomic mass is 35.5. The first-order valence-electron chi connectivity index (χ1n) is 6.77. The van der Waals surface area contributed by atoms with E-state index in [1.165, 1.54) is 23.5 Å². The van der Waals surface area contributed by atoms with Crippen molar-refractivity contribution < 1.29 is 9.18 Å². The van der Waals surface area contributed by atoms with Gasteiger partial charge in [-0.15, -0.1) is 36.2 Å². The first-order chi connectivity index (χ1) is 10.0. The van der Waals surface area contributed by atoms with Gasteiger partial charge in [0.1, 0.15) is 10.8 Å². The van der Waals surface area contributed by atoms with Crippen molar-refractivity contribution in [3.8, 4) is 10.6 Å². The molecule has 3 N–H and O–H groups in total. The molecule has 8 heteroatoms. The van der Waals surface area contributed by atoms with Crippen molar-refractivity contribution >= 4 is 42.1 Å². The second-order valence-corrected chi connectivity index (χ2v) is 5.81. The number of benzene rings is 1. The second-order valence-electron chi connectivity index (χ2n) is 4.95. The summed E-state index contributed by atoms with van der Waals surface area (Å²) in [5, 5.41) is 5.35. The van der Waals surface area contributed by atoms with Crippen LogP contribution in [0.25, 0.3) is 10.6 Å². The quantitative estimate of drug-likeness (QED) is 0.809. The first-order valence-corrected chi connectivity index (χ1v) is 7.65. The Kier molecular flexibility index (Phi) is 9.99. The second kappa shape index (κ2) is 10.5. The van der Waals surface area contributed by atoms with Gasteiger partial charge in [0.05, 0.1) is 12.1 Å². The number of halogens is 3. The Morgan fingerprint density at radius 3 is 2.83 bits per heavy atom. The zero-order valence-electron chi connectivity index (χ0n) is 12.6. The lowest BCUT2D eigenvalue weighted by molar-refractivity contribution is -0.120. The first kappa shape index (κ1) is 21.8. The van der Waals surface area contributed by atoms with Crippen LogP contribution in [0.1, 0.15) is 19.0 Å². The lowest BCUT2D eigenvalue weighted by Gasteiger charge is -2.06. The molecule has 1 aromatic heterocycles. The van der Waals surface area contributed by atoms with Crippen molar-refractivity contribution in [2.75, 3.05) is 6.54 Å². The van der Waals surface area contributed by atoms with E-state index < -0.39 is 0 Å². The van der Waals surface area contributed by atoms with Gasteiger partial charge >= 0.3 is 0 Å². The zero-order valence-corrected chi connectivity index (χ0v) is 15.1. The third-order valence-electron chi connectivity index (χ3n) is 2.89. The SMILES string of the molecule is CC(N)CCNC(=O)Cc1csc(-c2cccc(F)c2)n1.Cl.Cl. The van der Waals surface area contributed by atoms with E-state index in [1.54, 1.807) is 12.1 Å². The van der Waals surface area contributed by atoms with Gasteiger partial charge in [-0.3, -0.25) is 4.79 Å². The van der Waals surface area contributed by atoms with Crippen LogP contribution in [0.15, 0.2) is 29.6 Å². The Balaban J connectivity index is 0.00000242. The fraction of sp³-hybridized carbons (Fsp3) is 0.333. The number of carbonyl (C=O) groups is 1. The summed E-state index contributed by atoms with van der Waals surface area (Å²) < 4.78 is 13.2. The summed E-state index contributed by atoms with van der Waals surface area (Å²) in [4.78, 5) is 16.1. The van der Waals surface area contributed by atoms with E-state index in [9.17, 15) is 9.18 Å². The van der Waals surface area contributed by atoms with Crippen molar-refractivity contribution in [3.63, 3.8) is 0 Å². The Labute approximate surface area is 151 Å². The molecule has 4 nitrogen and oxygen atoms in total. The molecule has 2 aromatic rings. The van der Waals surface area contributed by atoms with Crippen LogP contribution in [-0.2, 0) is 11.2 Å². The van der Waals surface area contributed by atoms with Crippen LogP contribution in [0.2, 0.25) is 0 Å². The van der Waals surface area contributed by atoms with Gasteiger partial charge in [0, 0.05) is 23.5 Å². The van der Waals surface area contributed by atoms with Crippen molar-refractivity contribution in [1.82, 2.24) is 10.3 Å². The number of rotatable bonds is 6. The molecule has 0 aliphatic rings. The number of nitrogens with zero attached hydrogens (tertiary/aromatic N) is 1. The maximum absolute atomic E-state index is 13.2. The molecule has 0 radical (unpaired) electrons. The number of hydrogen-bond acceptors (Lipinski definition) is 4. The molecule has 1 unspecified atom stereocenters. The van der Waals surface area contributed by atoms with Gasteiger partial charge in [-0.25, -0.2) is 9.37 Å². The fourth-order valence-electron chi connectivity index (χ4n) is 1.81. The number of hydrogen-bond donors (Lipinski definition) is 2. The van der Waals surface area contributed by atoms with E-state index in [-0.39, 0.29) is 49.0 Å². The van der Waals surface area contributed by atoms with Gasteiger partial charge in [0.25, 0.3) is 0 Å². The number of thiazole rings is 1. The van der Waals surface area contributed by atoms with Crippen LogP contribution in [0, 0.1) is 5.82 Å². The average molecular weight is 380 g/mol. The lowest BCUT2D eigenvalue weighted by Crippen LogP contribution is -2.30. The molecule has 0 spiro atoms. The Morgan fingerprint density at radius 2 is 2.17 bits per heavy atom. The number of carbonyl (C=O) groups excluding carboxylic acids is 1. The standard InChI is InChI=1S/C15H18FN3OS.2ClH/c1-10(17)5-6-18-14(20)8-13-9-21-15(19-13)11-3-2-4-12(16)7-11;;/h2-4,7,9-10H,5-6,8,17H2,1H3,(H,18,20);2*1H. The zero-order chi connectivity index (χ0) is 15.2. The maximum Gasteiger partial charge on any atom is 0.226 e. The Hall–Kier alpha value is -1.21. The van der Waals surface area contributed by atoms with E-state index in [1.807, 2.05) is 12.3 Å². The van der Waals surface area contributed by atoms with Crippen LogP contribution < -0.4 is 11.1 Å². The molecule has 0 bridgehead atoms. The Morgan fingerprint density at radius 1 is 1.43 bits per heavy atom.